The first kappa shape index (κ1) is 20.4. The Morgan fingerprint density at radius 2 is 1.71 bits per heavy atom. The van der Waals surface area contributed by atoms with Crippen molar-refractivity contribution in [3.8, 4) is 22.8 Å². The Morgan fingerprint density at radius 3 is 2.42 bits per heavy atom. The predicted molar refractivity (Wildman–Crippen MR) is 120 cm³/mol. The monoisotopic (exact) mass is 416 g/mol. The molecule has 0 aliphatic heterocycles. The predicted octanol–water partition coefficient (Wildman–Crippen LogP) is 4.77. The molecular weight excluding hydrogens is 392 g/mol. The van der Waals surface area contributed by atoms with Crippen molar-refractivity contribution < 1.29 is 14.3 Å². The van der Waals surface area contributed by atoms with Crippen LogP contribution in [0.3, 0.4) is 0 Å². The van der Waals surface area contributed by atoms with Gasteiger partial charge in [0.05, 0.1) is 12.5 Å². The zero-order chi connectivity index (χ0) is 22.1. The summed E-state index contributed by atoms with van der Waals surface area (Å²) in [5.41, 5.74) is 8.31. The minimum atomic E-state index is 0.0670. The largest absolute Gasteiger partial charge is 0.504 e. The second kappa shape index (κ2) is 8.10. The number of phenolic OH excluding ortho intramolecular Hbond substituents is 1. The standard InChI is InChI=1S/C24H24N4O3/c1-13-8-14(2)23-18(9-13)19(27-28-24-25-15(3)10-16(4)26-24)12-21(31-23)17-6-7-20(29)22(11-17)30-5/h6-12,29H,1-5H3,(H,25,26,28)/b27-19+. The van der Waals surface area contributed by atoms with Gasteiger partial charge in [-0.05, 0) is 69.2 Å². The van der Waals surface area contributed by atoms with Crippen molar-refractivity contribution in [3.05, 3.63) is 70.3 Å². The van der Waals surface area contributed by atoms with Crippen LogP contribution in [-0.2, 0) is 0 Å². The van der Waals surface area contributed by atoms with Crippen LogP contribution in [0, 0.1) is 27.7 Å². The van der Waals surface area contributed by atoms with Crippen LogP contribution < -0.4 is 15.5 Å². The van der Waals surface area contributed by atoms with Crippen LogP contribution in [0.1, 0.15) is 22.5 Å². The van der Waals surface area contributed by atoms with E-state index < -0.39 is 0 Å². The topological polar surface area (TPSA) is 92.8 Å². The molecule has 4 aromatic rings. The molecule has 0 saturated carbocycles. The zero-order valence-electron chi connectivity index (χ0n) is 18.1. The Balaban J connectivity index is 1.92. The number of phenols is 1. The molecule has 7 nitrogen and oxygen atoms in total. The molecule has 0 saturated heterocycles. The Labute approximate surface area is 180 Å². The lowest BCUT2D eigenvalue weighted by Crippen LogP contribution is -2.10. The molecule has 0 atom stereocenters. The lowest BCUT2D eigenvalue weighted by Gasteiger charge is -2.10. The molecule has 0 amide bonds. The van der Waals surface area contributed by atoms with E-state index in [2.05, 4.69) is 26.6 Å². The van der Waals surface area contributed by atoms with E-state index in [0.29, 0.717) is 22.8 Å². The second-order valence-corrected chi connectivity index (χ2v) is 7.54. The number of nitrogens with zero attached hydrogens (tertiary/aromatic N) is 3. The highest BCUT2D eigenvalue weighted by Gasteiger charge is 2.12. The first-order valence-corrected chi connectivity index (χ1v) is 9.88. The number of hydrogen-bond donors (Lipinski definition) is 2. The van der Waals surface area contributed by atoms with Gasteiger partial charge in [-0.25, -0.2) is 15.4 Å². The minimum Gasteiger partial charge on any atom is -0.504 e. The quantitative estimate of drug-likeness (QED) is 0.466. The maximum absolute atomic E-state index is 9.94. The number of anilines is 1. The van der Waals surface area contributed by atoms with Gasteiger partial charge in [-0.15, -0.1) is 0 Å². The Kier molecular flexibility index (Phi) is 5.33. The molecule has 0 unspecified atom stereocenters. The molecule has 7 heteroatoms. The fraction of sp³-hybridized carbons (Fsp3) is 0.208. The molecule has 158 valence electrons. The van der Waals surface area contributed by atoms with Crippen LogP contribution in [0.2, 0.25) is 0 Å². The van der Waals surface area contributed by atoms with E-state index in [4.69, 9.17) is 9.15 Å². The molecule has 0 fully saturated rings. The summed E-state index contributed by atoms with van der Waals surface area (Å²) >= 11 is 0. The summed E-state index contributed by atoms with van der Waals surface area (Å²) in [4.78, 5) is 8.79. The molecule has 0 bridgehead atoms. The lowest BCUT2D eigenvalue weighted by molar-refractivity contribution is 0.373. The number of fused-ring (bicyclic) bond motifs is 1. The van der Waals surface area contributed by atoms with Gasteiger partial charge >= 0.3 is 0 Å². The molecule has 2 aromatic heterocycles. The van der Waals surface area contributed by atoms with Crippen molar-refractivity contribution in [1.82, 2.24) is 9.97 Å². The second-order valence-electron chi connectivity index (χ2n) is 7.54. The van der Waals surface area contributed by atoms with Gasteiger partial charge in [0, 0.05) is 28.4 Å². The summed E-state index contributed by atoms with van der Waals surface area (Å²) in [6, 6.07) is 12.9. The van der Waals surface area contributed by atoms with Gasteiger partial charge in [-0.3, -0.25) is 0 Å². The van der Waals surface area contributed by atoms with Crippen molar-refractivity contribution in [3.63, 3.8) is 0 Å². The van der Waals surface area contributed by atoms with E-state index in [1.54, 1.807) is 18.2 Å². The molecular formula is C24H24N4O3. The Hall–Kier alpha value is -3.87. The number of aryl methyl sites for hydroxylation is 4. The fourth-order valence-electron chi connectivity index (χ4n) is 3.57. The average molecular weight is 416 g/mol. The molecule has 0 radical (unpaired) electrons. The number of aromatic hydroxyl groups is 1. The van der Waals surface area contributed by atoms with Crippen molar-refractivity contribution in [2.75, 3.05) is 12.5 Å². The van der Waals surface area contributed by atoms with Gasteiger partial charge in [0.15, 0.2) is 11.5 Å². The maximum Gasteiger partial charge on any atom is 0.243 e. The number of ether oxygens (including phenoxy) is 1. The van der Waals surface area contributed by atoms with E-state index in [1.807, 2.05) is 45.9 Å². The van der Waals surface area contributed by atoms with Crippen molar-refractivity contribution in [2.24, 2.45) is 5.10 Å². The number of rotatable bonds is 4. The maximum atomic E-state index is 9.94. The number of aromatic nitrogens is 2. The Bertz CT molecular complexity index is 1340. The Morgan fingerprint density at radius 1 is 0.968 bits per heavy atom. The van der Waals surface area contributed by atoms with E-state index >= 15 is 0 Å². The summed E-state index contributed by atoms with van der Waals surface area (Å²) in [6.07, 6.45) is 0. The highest BCUT2D eigenvalue weighted by molar-refractivity contribution is 5.82. The van der Waals surface area contributed by atoms with Gasteiger partial charge in [0.2, 0.25) is 5.95 Å². The number of hydrogen-bond acceptors (Lipinski definition) is 7. The van der Waals surface area contributed by atoms with Gasteiger partial charge in [-0.2, -0.15) is 5.10 Å². The molecule has 2 N–H and O–H groups in total. The van der Waals surface area contributed by atoms with E-state index in [0.717, 1.165) is 39.0 Å². The zero-order valence-corrected chi connectivity index (χ0v) is 18.1. The van der Waals surface area contributed by atoms with E-state index in [1.165, 1.54) is 7.11 Å². The van der Waals surface area contributed by atoms with Gasteiger partial charge in [-0.1, -0.05) is 6.07 Å². The first-order valence-electron chi connectivity index (χ1n) is 9.88. The number of benzene rings is 2. The number of nitrogens with one attached hydrogen (secondary N) is 1. The summed E-state index contributed by atoms with van der Waals surface area (Å²) in [5, 5.41) is 16.1. The minimum absolute atomic E-state index is 0.0670. The molecule has 4 rings (SSSR count). The molecule has 0 aliphatic rings. The first-order chi connectivity index (χ1) is 14.8. The molecule has 0 spiro atoms. The van der Waals surface area contributed by atoms with Crippen LogP contribution in [0.25, 0.3) is 22.3 Å². The van der Waals surface area contributed by atoms with Crippen molar-refractivity contribution in [1.29, 1.82) is 0 Å². The fourth-order valence-corrected chi connectivity index (χ4v) is 3.57. The smallest absolute Gasteiger partial charge is 0.243 e. The summed E-state index contributed by atoms with van der Waals surface area (Å²) in [5.74, 6) is 1.47. The average Bonchev–Trinajstić information content (AvgIpc) is 2.72. The molecule has 2 aromatic carbocycles. The molecule has 31 heavy (non-hydrogen) atoms. The van der Waals surface area contributed by atoms with Gasteiger partial charge in [0.1, 0.15) is 11.3 Å². The van der Waals surface area contributed by atoms with Gasteiger partial charge in [0.25, 0.3) is 0 Å². The summed E-state index contributed by atoms with van der Waals surface area (Å²) in [7, 11) is 1.51. The van der Waals surface area contributed by atoms with Crippen LogP contribution in [0.4, 0.5) is 5.95 Å². The van der Waals surface area contributed by atoms with Crippen LogP contribution >= 0.6 is 0 Å². The third-order valence-corrected chi connectivity index (χ3v) is 4.90. The van der Waals surface area contributed by atoms with Crippen LogP contribution in [-0.4, -0.2) is 22.2 Å². The van der Waals surface area contributed by atoms with Crippen LogP contribution in [0.5, 0.6) is 11.5 Å². The normalized spacial score (nSPS) is 11.7. The summed E-state index contributed by atoms with van der Waals surface area (Å²) < 4.78 is 11.5. The van der Waals surface area contributed by atoms with Crippen LogP contribution in [0.15, 0.2) is 52.0 Å². The SMILES string of the molecule is COc1cc(-c2c/c(=N\Nc3nc(C)cc(C)n3)c3cc(C)cc(C)c3o2)ccc1O. The highest BCUT2D eigenvalue weighted by atomic mass is 16.5. The third-order valence-electron chi connectivity index (χ3n) is 4.90. The van der Waals surface area contributed by atoms with Crippen molar-refractivity contribution in [2.45, 2.75) is 27.7 Å². The lowest BCUT2D eigenvalue weighted by atomic mass is 10.1. The molecule has 2 heterocycles. The van der Waals surface area contributed by atoms with E-state index in [-0.39, 0.29) is 5.75 Å². The molecule has 0 aliphatic carbocycles. The highest BCUT2D eigenvalue weighted by Crippen LogP contribution is 2.32. The third kappa shape index (κ3) is 4.21. The number of methoxy groups -OCH3 is 1. The summed E-state index contributed by atoms with van der Waals surface area (Å²) in [6.45, 7) is 7.87. The van der Waals surface area contributed by atoms with Gasteiger partial charge < -0.3 is 14.3 Å². The van der Waals surface area contributed by atoms with E-state index in [9.17, 15) is 5.11 Å². The van der Waals surface area contributed by atoms with Crippen molar-refractivity contribution >= 4 is 16.9 Å².